The van der Waals surface area contributed by atoms with Crippen LogP contribution in [0, 0.1) is 0 Å². The van der Waals surface area contributed by atoms with E-state index in [1.165, 1.54) is 10.7 Å². The number of hydrogen-bond donors (Lipinski definition) is 1. The third kappa shape index (κ3) is 4.92. The molecule has 160 valence electrons. The molecule has 0 atom stereocenters. The average Bonchev–Trinajstić information content (AvgIpc) is 2.86. The molecule has 0 fully saturated rings. The monoisotopic (exact) mass is 425 g/mol. The van der Waals surface area contributed by atoms with Crippen molar-refractivity contribution in [1.82, 2.24) is 15.1 Å². The van der Waals surface area contributed by atoms with Gasteiger partial charge in [-0.25, -0.2) is 4.68 Å². The van der Waals surface area contributed by atoms with E-state index in [2.05, 4.69) is 10.4 Å². The van der Waals surface area contributed by atoms with Gasteiger partial charge in [0.2, 0.25) is 0 Å². The van der Waals surface area contributed by atoms with Gasteiger partial charge in [-0.2, -0.15) is 5.10 Å². The van der Waals surface area contributed by atoms with Gasteiger partial charge in [0, 0.05) is 23.7 Å². The first-order chi connectivity index (χ1) is 15.6. The molecule has 0 aliphatic carbocycles. The highest BCUT2D eigenvalue weighted by molar-refractivity contribution is 5.94. The number of aromatic nitrogens is 2. The van der Waals surface area contributed by atoms with E-state index in [0.717, 1.165) is 22.4 Å². The first kappa shape index (κ1) is 21.1. The standard InChI is InChI=1S/C26H23N3O3/c1-32-23-13-11-21(12-14-23)24-15-16-25(30)29(28-24)18-17-27-26(31)22-9-7-20(8-10-22)19-5-3-2-4-6-19/h2-16H,17-18H2,1H3,(H,27,31). The van der Waals surface area contributed by atoms with Crippen molar-refractivity contribution >= 4 is 5.91 Å². The Bertz CT molecular complexity index is 1250. The molecular weight excluding hydrogens is 402 g/mol. The van der Waals surface area contributed by atoms with E-state index >= 15 is 0 Å². The Kier molecular flexibility index (Phi) is 6.41. The molecule has 4 aromatic rings. The molecule has 0 radical (unpaired) electrons. The zero-order valence-corrected chi connectivity index (χ0v) is 17.7. The number of methoxy groups -OCH3 is 1. The van der Waals surface area contributed by atoms with Crippen molar-refractivity contribution < 1.29 is 9.53 Å². The summed E-state index contributed by atoms with van der Waals surface area (Å²) in [5, 5.41) is 7.28. The van der Waals surface area contributed by atoms with Gasteiger partial charge in [-0.1, -0.05) is 42.5 Å². The van der Waals surface area contributed by atoms with Gasteiger partial charge in [0.05, 0.1) is 19.3 Å². The minimum Gasteiger partial charge on any atom is -0.497 e. The second-order valence-corrected chi connectivity index (χ2v) is 7.21. The van der Waals surface area contributed by atoms with Crippen LogP contribution in [0.1, 0.15) is 10.4 Å². The topological polar surface area (TPSA) is 73.2 Å². The molecule has 6 heteroatoms. The van der Waals surface area contributed by atoms with Crippen LogP contribution in [0.3, 0.4) is 0 Å². The third-order valence-corrected chi connectivity index (χ3v) is 5.12. The van der Waals surface area contributed by atoms with E-state index in [1.54, 1.807) is 25.3 Å². The van der Waals surface area contributed by atoms with Gasteiger partial charge < -0.3 is 10.1 Å². The number of ether oxygens (including phenoxy) is 1. The zero-order valence-electron chi connectivity index (χ0n) is 17.7. The zero-order chi connectivity index (χ0) is 22.3. The molecule has 0 saturated heterocycles. The van der Waals surface area contributed by atoms with Gasteiger partial charge in [0.25, 0.3) is 11.5 Å². The lowest BCUT2D eigenvalue weighted by Gasteiger charge is -2.09. The van der Waals surface area contributed by atoms with Crippen LogP contribution in [-0.2, 0) is 6.54 Å². The van der Waals surface area contributed by atoms with Crippen LogP contribution in [0.25, 0.3) is 22.4 Å². The average molecular weight is 425 g/mol. The fraction of sp³-hybridized carbons (Fsp3) is 0.115. The van der Waals surface area contributed by atoms with E-state index in [1.807, 2.05) is 66.7 Å². The fourth-order valence-corrected chi connectivity index (χ4v) is 3.35. The normalized spacial score (nSPS) is 10.5. The second-order valence-electron chi connectivity index (χ2n) is 7.21. The number of carbonyl (C=O) groups is 1. The number of carbonyl (C=O) groups excluding carboxylic acids is 1. The Morgan fingerprint density at radius 2 is 1.50 bits per heavy atom. The quantitative estimate of drug-likeness (QED) is 0.485. The summed E-state index contributed by atoms with van der Waals surface area (Å²) in [6.07, 6.45) is 0. The van der Waals surface area contributed by atoms with Crippen LogP contribution >= 0.6 is 0 Å². The highest BCUT2D eigenvalue weighted by Crippen LogP contribution is 2.20. The molecule has 0 bridgehead atoms. The van der Waals surface area contributed by atoms with Crippen LogP contribution in [0.2, 0.25) is 0 Å². The fourth-order valence-electron chi connectivity index (χ4n) is 3.35. The molecular formula is C26H23N3O3. The summed E-state index contributed by atoms with van der Waals surface area (Å²) in [7, 11) is 1.61. The van der Waals surface area contributed by atoms with Gasteiger partial charge in [-0.05, 0) is 53.6 Å². The summed E-state index contributed by atoms with van der Waals surface area (Å²) in [5.41, 5.74) is 4.05. The Hall–Kier alpha value is -4.19. The van der Waals surface area contributed by atoms with E-state index in [-0.39, 0.29) is 24.6 Å². The second kappa shape index (κ2) is 9.75. The molecule has 0 saturated carbocycles. The van der Waals surface area contributed by atoms with Crippen molar-refractivity contribution in [3.8, 4) is 28.1 Å². The molecule has 0 unspecified atom stereocenters. The SMILES string of the molecule is COc1ccc(-c2ccc(=O)n(CCNC(=O)c3ccc(-c4ccccc4)cc3)n2)cc1. The van der Waals surface area contributed by atoms with Gasteiger partial charge >= 0.3 is 0 Å². The maximum absolute atomic E-state index is 12.5. The number of nitrogens with one attached hydrogen (secondary N) is 1. The van der Waals surface area contributed by atoms with Crippen LogP contribution in [-0.4, -0.2) is 29.3 Å². The molecule has 1 aromatic heterocycles. The number of amides is 1. The van der Waals surface area contributed by atoms with Crippen molar-refractivity contribution in [2.45, 2.75) is 6.54 Å². The maximum atomic E-state index is 12.5. The minimum absolute atomic E-state index is 0.191. The Labute approximate surface area is 186 Å². The molecule has 1 N–H and O–H groups in total. The lowest BCUT2D eigenvalue weighted by atomic mass is 10.0. The molecule has 0 spiro atoms. The smallest absolute Gasteiger partial charge is 0.266 e. The van der Waals surface area contributed by atoms with Crippen LogP contribution < -0.4 is 15.6 Å². The number of nitrogens with zero attached hydrogens (tertiary/aromatic N) is 2. The Morgan fingerprint density at radius 1 is 0.844 bits per heavy atom. The Morgan fingerprint density at radius 3 is 2.19 bits per heavy atom. The van der Waals surface area contributed by atoms with Gasteiger partial charge in [0.1, 0.15) is 5.75 Å². The summed E-state index contributed by atoms with van der Waals surface area (Å²) in [6, 6.07) is 28.1. The van der Waals surface area contributed by atoms with Crippen LogP contribution in [0.4, 0.5) is 0 Å². The van der Waals surface area contributed by atoms with Gasteiger partial charge in [-0.3, -0.25) is 9.59 Å². The summed E-state index contributed by atoms with van der Waals surface area (Å²) >= 11 is 0. The number of rotatable bonds is 7. The van der Waals surface area contributed by atoms with E-state index < -0.39 is 0 Å². The lowest BCUT2D eigenvalue weighted by molar-refractivity contribution is 0.0952. The van der Waals surface area contributed by atoms with E-state index in [0.29, 0.717) is 11.3 Å². The Balaban J connectivity index is 1.38. The predicted octanol–water partition coefficient (Wildman–Crippen LogP) is 4.02. The number of benzene rings is 3. The van der Waals surface area contributed by atoms with E-state index in [4.69, 9.17) is 4.74 Å². The largest absolute Gasteiger partial charge is 0.497 e. The molecule has 32 heavy (non-hydrogen) atoms. The molecule has 0 aliphatic heterocycles. The van der Waals surface area contributed by atoms with Crippen molar-refractivity contribution in [1.29, 1.82) is 0 Å². The summed E-state index contributed by atoms with van der Waals surface area (Å²) < 4.78 is 6.53. The third-order valence-electron chi connectivity index (χ3n) is 5.12. The number of hydrogen-bond acceptors (Lipinski definition) is 4. The molecule has 0 aliphatic rings. The molecule has 3 aromatic carbocycles. The first-order valence-electron chi connectivity index (χ1n) is 10.3. The van der Waals surface area contributed by atoms with Crippen molar-refractivity contribution in [2.24, 2.45) is 0 Å². The predicted molar refractivity (Wildman–Crippen MR) is 125 cm³/mol. The molecule has 4 rings (SSSR count). The first-order valence-corrected chi connectivity index (χ1v) is 10.3. The summed E-state index contributed by atoms with van der Waals surface area (Å²) in [6.45, 7) is 0.564. The van der Waals surface area contributed by atoms with Crippen molar-refractivity contribution in [3.63, 3.8) is 0 Å². The minimum atomic E-state index is -0.219. The highest BCUT2D eigenvalue weighted by atomic mass is 16.5. The molecule has 1 heterocycles. The lowest BCUT2D eigenvalue weighted by Crippen LogP contribution is -2.31. The summed E-state index contributed by atoms with van der Waals surface area (Å²) in [4.78, 5) is 24.7. The molecule has 6 nitrogen and oxygen atoms in total. The maximum Gasteiger partial charge on any atom is 0.266 e. The van der Waals surface area contributed by atoms with Crippen molar-refractivity contribution in [2.75, 3.05) is 13.7 Å². The van der Waals surface area contributed by atoms with E-state index in [9.17, 15) is 9.59 Å². The summed E-state index contributed by atoms with van der Waals surface area (Å²) in [5.74, 6) is 0.561. The van der Waals surface area contributed by atoms with Crippen LogP contribution in [0.5, 0.6) is 5.75 Å². The highest BCUT2D eigenvalue weighted by Gasteiger charge is 2.08. The van der Waals surface area contributed by atoms with Crippen LogP contribution in [0.15, 0.2) is 95.8 Å². The van der Waals surface area contributed by atoms with Gasteiger partial charge in [0.15, 0.2) is 0 Å². The molecule has 1 amide bonds. The van der Waals surface area contributed by atoms with Gasteiger partial charge in [-0.15, -0.1) is 0 Å². The van der Waals surface area contributed by atoms with Crippen molar-refractivity contribution in [3.05, 3.63) is 107 Å².